The fourth-order valence-electron chi connectivity index (χ4n) is 2.25. The van der Waals surface area contributed by atoms with Crippen LogP contribution >= 0.6 is 38.5 Å². The summed E-state index contributed by atoms with van der Waals surface area (Å²) in [5, 5.41) is 16.0. The van der Waals surface area contributed by atoms with Crippen molar-refractivity contribution < 1.29 is 18.4 Å². The molecule has 0 radical (unpaired) electrons. The summed E-state index contributed by atoms with van der Waals surface area (Å²) in [6.07, 6.45) is 1.17. The number of nitrogens with zero attached hydrogens (tertiary/aromatic N) is 1. The van der Waals surface area contributed by atoms with E-state index in [2.05, 4.69) is 49.0 Å². The number of hydrogen-bond acceptors (Lipinski definition) is 4. The van der Waals surface area contributed by atoms with E-state index in [1.807, 2.05) is 19.1 Å². The van der Waals surface area contributed by atoms with Crippen LogP contribution in [0.2, 0.25) is 0 Å². The molecule has 1 aromatic heterocycles. The van der Waals surface area contributed by atoms with E-state index in [0.29, 0.717) is 5.69 Å². The van der Waals surface area contributed by atoms with Gasteiger partial charge in [-0.15, -0.1) is 0 Å². The Balaban J connectivity index is 2.19. The SMILES string of the molecule is Cc1cc(I)ccc1Nc1c(-c2conc2O)cc(Br)c(F)c1F. The summed E-state index contributed by atoms with van der Waals surface area (Å²) in [5.41, 5.74) is 1.74. The molecule has 2 aromatic carbocycles. The first-order valence-corrected chi connectivity index (χ1v) is 8.60. The molecule has 0 spiro atoms. The van der Waals surface area contributed by atoms with Crippen LogP contribution in [0.25, 0.3) is 11.1 Å². The van der Waals surface area contributed by atoms with Gasteiger partial charge in [-0.1, -0.05) is 0 Å². The van der Waals surface area contributed by atoms with Crippen molar-refractivity contribution in [2.75, 3.05) is 5.32 Å². The van der Waals surface area contributed by atoms with Gasteiger partial charge in [0.1, 0.15) is 6.26 Å². The zero-order chi connectivity index (χ0) is 17.4. The molecule has 0 aliphatic carbocycles. The summed E-state index contributed by atoms with van der Waals surface area (Å²) in [5.74, 6) is -2.51. The maximum atomic E-state index is 14.5. The quantitative estimate of drug-likeness (QED) is 0.351. The maximum Gasteiger partial charge on any atom is 0.259 e. The highest BCUT2D eigenvalue weighted by Crippen LogP contribution is 2.40. The minimum atomic E-state index is -1.07. The topological polar surface area (TPSA) is 58.3 Å². The molecule has 0 bridgehead atoms. The molecule has 0 unspecified atom stereocenters. The second kappa shape index (κ2) is 6.67. The van der Waals surface area contributed by atoms with Crippen LogP contribution in [0.5, 0.6) is 5.88 Å². The first-order valence-electron chi connectivity index (χ1n) is 6.73. The lowest BCUT2D eigenvalue weighted by Crippen LogP contribution is -2.02. The van der Waals surface area contributed by atoms with Crippen molar-refractivity contribution >= 4 is 49.9 Å². The molecule has 1 heterocycles. The van der Waals surface area contributed by atoms with Crippen LogP contribution in [0, 0.1) is 22.1 Å². The van der Waals surface area contributed by atoms with Crippen molar-refractivity contribution in [2.45, 2.75) is 6.92 Å². The molecule has 0 fully saturated rings. The summed E-state index contributed by atoms with van der Waals surface area (Å²) >= 11 is 5.14. The average Bonchev–Trinajstić information content (AvgIpc) is 2.95. The first-order chi connectivity index (χ1) is 11.4. The van der Waals surface area contributed by atoms with Crippen molar-refractivity contribution in [3.63, 3.8) is 0 Å². The Morgan fingerprint density at radius 2 is 1.96 bits per heavy atom. The standard InChI is InChI=1S/C16H10BrF2IN2O2/c1-7-4-8(20)2-3-12(7)21-15-9(10-6-24-22-16(10)23)5-11(17)13(18)14(15)19/h2-6,21H,1H3,(H,22,23). The number of hydrogen-bond donors (Lipinski definition) is 2. The van der Waals surface area contributed by atoms with E-state index in [4.69, 9.17) is 4.52 Å². The van der Waals surface area contributed by atoms with Gasteiger partial charge in [0.25, 0.3) is 5.88 Å². The Labute approximate surface area is 158 Å². The van der Waals surface area contributed by atoms with Crippen molar-refractivity contribution in [3.05, 3.63) is 55.8 Å². The molecule has 0 amide bonds. The molecule has 0 aliphatic rings. The van der Waals surface area contributed by atoms with Gasteiger partial charge in [0.2, 0.25) is 0 Å². The van der Waals surface area contributed by atoms with Gasteiger partial charge in [-0.25, -0.2) is 8.78 Å². The van der Waals surface area contributed by atoms with Crippen molar-refractivity contribution in [1.29, 1.82) is 0 Å². The highest BCUT2D eigenvalue weighted by Gasteiger charge is 2.22. The van der Waals surface area contributed by atoms with Crippen LogP contribution in [0.1, 0.15) is 5.56 Å². The number of rotatable bonds is 3. The predicted molar refractivity (Wildman–Crippen MR) is 98.4 cm³/mol. The van der Waals surface area contributed by atoms with Crippen molar-refractivity contribution in [2.24, 2.45) is 0 Å². The minimum absolute atomic E-state index is 0.0690. The molecular weight excluding hydrogens is 497 g/mol. The lowest BCUT2D eigenvalue weighted by atomic mass is 10.1. The molecule has 0 saturated carbocycles. The van der Waals surface area contributed by atoms with Crippen LogP contribution in [0.4, 0.5) is 20.2 Å². The van der Waals surface area contributed by atoms with Gasteiger partial charge in [-0.2, -0.15) is 0 Å². The van der Waals surface area contributed by atoms with Gasteiger partial charge in [-0.05, 0) is 80.4 Å². The smallest absolute Gasteiger partial charge is 0.259 e. The van der Waals surface area contributed by atoms with Crippen molar-refractivity contribution in [1.82, 2.24) is 5.16 Å². The molecule has 0 aliphatic heterocycles. The normalized spacial score (nSPS) is 10.9. The Morgan fingerprint density at radius 1 is 1.21 bits per heavy atom. The van der Waals surface area contributed by atoms with Crippen LogP contribution in [-0.2, 0) is 0 Å². The van der Waals surface area contributed by atoms with Crippen LogP contribution in [0.15, 0.2) is 39.5 Å². The van der Waals surface area contributed by atoms with Gasteiger partial charge >= 0.3 is 0 Å². The Bertz CT molecular complexity index is 931. The number of halogens is 4. The third-order valence-electron chi connectivity index (χ3n) is 3.45. The molecule has 124 valence electrons. The molecule has 3 rings (SSSR count). The number of anilines is 2. The largest absolute Gasteiger partial charge is 0.491 e. The number of benzene rings is 2. The third-order valence-corrected chi connectivity index (χ3v) is 4.70. The molecular formula is C16H10BrF2IN2O2. The number of nitrogens with one attached hydrogen (secondary N) is 1. The van der Waals surface area contributed by atoms with Gasteiger partial charge in [0.15, 0.2) is 11.6 Å². The Morgan fingerprint density at radius 3 is 2.58 bits per heavy atom. The first kappa shape index (κ1) is 17.2. The van der Waals surface area contributed by atoms with Gasteiger partial charge < -0.3 is 14.9 Å². The predicted octanol–water partition coefficient (Wildman–Crippen LogP) is 5.74. The van der Waals surface area contributed by atoms with Crippen LogP contribution in [0.3, 0.4) is 0 Å². The van der Waals surface area contributed by atoms with Gasteiger partial charge in [0, 0.05) is 14.8 Å². The van der Waals surface area contributed by atoms with E-state index in [-0.39, 0.29) is 21.3 Å². The zero-order valence-corrected chi connectivity index (χ0v) is 15.9. The molecule has 0 atom stereocenters. The molecule has 4 nitrogen and oxygen atoms in total. The summed E-state index contributed by atoms with van der Waals surface area (Å²) in [4.78, 5) is 0. The minimum Gasteiger partial charge on any atom is -0.491 e. The van der Waals surface area contributed by atoms with E-state index >= 15 is 0 Å². The molecule has 8 heteroatoms. The summed E-state index contributed by atoms with van der Waals surface area (Å²) < 4.78 is 34.2. The fraction of sp³-hybridized carbons (Fsp3) is 0.0625. The van der Waals surface area contributed by atoms with Gasteiger partial charge in [-0.3, -0.25) is 0 Å². The number of aromatic nitrogens is 1. The Kier molecular flexibility index (Phi) is 4.77. The van der Waals surface area contributed by atoms with E-state index in [0.717, 1.165) is 9.13 Å². The number of aryl methyl sites for hydroxylation is 1. The molecule has 24 heavy (non-hydrogen) atoms. The van der Waals surface area contributed by atoms with E-state index in [1.165, 1.54) is 12.3 Å². The Hall–Kier alpha value is -1.68. The molecule has 3 aromatic rings. The lowest BCUT2D eigenvalue weighted by molar-refractivity contribution is 0.359. The van der Waals surface area contributed by atoms with E-state index < -0.39 is 17.5 Å². The molecule has 0 saturated heterocycles. The molecule has 2 N–H and O–H groups in total. The highest BCUT2D eigenvalue weighted by atomic mass is 127. The van der Waals surface area contributed by atoms with Crippen LogP contribution < -0.4 is 5.32 Å². The fourth-order valence-corrected chi connectivity index (χ4v) is 3.30. The maximum absolute atomic E-state index is 14.5. The average molecular weight is 507 g/mol. The van der Waals surface area contributed by atoms with Crippen molar-refractivity contribution in [3.8, 4) is 17.0 Å². The summed E-state index contributed by atoms with van der Waals surface area (Å²) in [6, 6.07) is 6.88. The van der Waals surface area contributed by atoms with Crippen LogP contribution in [-0.4, -0.2) is 10.3 Å². The highest BCUT2D eigenvalue weighted by molar-refractivity contribution is 14.1. The number of aromatic hydroxyl groups is 1. The van der Waals surface area contributed by atoms with E-state index in [1.54, 1.807) is 6.07 Å². The lowest BCUT2D eigenvalue weighted by Gasteiger charge is -2.15. The van der Waals surface area contributed by atoms with Gasteiger partial charge in [0.05, 0.1) is 15.7 Å². The summed E-state index contributed by atoms with van der Waals surface area (Å²) in [6.45, 7) is 1.86. The second-order valence-electron chi connectivity index (χ2n) is 5.04. The third kappa shape index (κ3) is 3.12. The second-order valence-corrected chi connectivity index (χ2v) is 7.14. The monoisotopic (exact) mass is 506 g/mol. The zero-order valence-electron chi connectivity index (χ0n) is 12.2. The summed E-state index contributed by atoms with van der Waals surface area (Å²) in [7, 11) is 0. The van der Waals surface area contributed by atoms with E-state index in [9.17, 15) is 13.9 Å².